The highest BCUT2D eigenvalue weighted by atomic mass is 35.5. The van der Waals surface area contributed by atoms with Gasteiger partial charge in [-0.1, -0.05) is 65.7 Å². The molecular formula is C19H14Cl2N2O2. The maximum absolute atomic E-state index is 11.8. The van der Waals surface area contributed by atoms with Crippen LogP contribution in [0.25, 0.3) is 10.8 Å². The van der Waals surface area contributed by atoms with E-state index in [1.54, 1.807) is 18.2 Å². The van der Waals surface area contributed by atoms with Crippen LogP contribution in [-0.2, 0) is 4.79 Å². The summed E-state index contributed by atoms with van der Waals surface area (Å²) in [5.41, 5.74) is 3.00. The van der Waals surface area contributed by atoms with Gasteiger partial charge >= 0.3 is 0 Å². The molecule has 0 saturated heterocycles. The third-order valence-electron chi connectivity index (χ3n) is 3.47. The Labute approximate surface area is 155 Å². The summed E-state index contributed by atoms with van der Waals surface area (Å²) in [5.74, 6) is 0.248. The van der Waals surface area contributed by atoms with Crippen LogP contribution in [0.3, 0.4) is 0 Å². The van der Waals surface area contributed by atoms with Crippen LogP contribution < -0.4 is 10.2 Å². The van der Waals surface area contributed by atoms with Crippen molar-refractivity contribution in [3.63, 3.8) is 0 Å². The highest BCUT2D eigenvalue weighted by molar-refractivity contribution is 6.43. The van der Waals surface area contributed by atoms with Crippen molar-refractivity contribution < 1.29 is 9.53 Å². The van der Waals surface area contributed by atoms with Gasteiger partial charge in [0.05, 0.1) is 16.3 Å². The summed E-state index contributed by atoms with van der Waals surface area (Å²) in [6, 6.07) is 18.8. The second kappa shape index (κ2) is 8.01. The average Bonchev–Trinajstić information content (AvgIpc) is 2.63. The van der Waals surface area contributed by atoms with Gasteiger partial charge in [-0.05, 0) is 29.0 Å². The van der Waals surface area contributed by atoms with Crippen LogP contribution in [0.5, 0.6) is 5.75 Å². The minimum absolute atomic E-state index is 0.140. The fourth-order valence-corrected chi connectivity index (χ4v) is 2.59. The monoisotopic (exact) mass is 372 g/mol. The van der Waals surface area contributed by atoms with E-state index >= 15 is 0 Å². The zero-order valence-corrected chi connectivity index (χ0v) is 14.6. The zero-order chi connectivity index (χ0) is 17.6. The summed E-state index contributed by atoms with van der Waals surface area (Å²) in [7, 11) is 0. The van der Waals surface area contributed by atoms with Gasteiger partial charge in [-0.15, -0.1) is 0 Å². The van der Waals surface area contributed by atoms with E-state index in [9.17, 15) is 4.79 Å². The number of hydrogen-bond donors (Lipinski definition) is 1. The first-order chi connectivity index (χ1) is 12.1. The van der Waals surface area contributed by atoms with Crippen molar-refractivity contribution in [3.05, 3.63) is 76.3 Å². The average molecular weight is 373 g/mol. The van der Waals surface area contributed by atoms with E-state index in [0.29, 0.717) is 21.4 Å². The molecule has 0 atom stereocenters. The second-order valence-corrected chi connectivity index (χ2v) is 6.02. The molecule has 0 aliphatic carbocycles. The van der Waals surface area contributed by atoms with E-state index in [1.165, 1.54) is 6.21 Å². The number of halogens is 2. The first-order valence-electron chi connectivity index (χ1n) is 7.51. The van der Waals surface area contributed by atoms with Crippen LogP contribution in [0.15, 0.2) is 65.8 Å². The molecule has 4 nitrogen and oxygen atoms in total. The lowest BCUT2D eigenvalue weighted by molar-refractivity contribution is -0.123. The number of nitrogens with one attached hydrogen (secondary N) is 1. The third kappa shape index (κ3) is 4.50. The molecule has 25 heavy (non-hydrogen) atoms. The van der Waals surface area contributed by atoms with Gasteiger partial charge in [0.1, 0.15) is 5.75 Å². The third-order valence-corrected chi connectivity index (χ3v) is 4.30. The fourth-order valence-electron chi connectivity index (χ4n) is 2.23. The number of ether oxygens (including phenoxy) is 1. The highest BCUT2D eigenvalue weighted by Gasteiger charge is 2.04. The zero-order valence-electron chi connectivity index (χ0n) is 13.1. The first kappa shape index (κ1) is 17.3. The topological polar surface area (TPSA) is 50.7 Å². The molecule has 0 aliphatic rings. The molecule has 0 spiro atoms. The molecule has 0 heterocycles. The number of nitrogens with zero attached hydrogens (tertiary/aromatic N) is 1. The number of hydrazone groups is 1. The normalized spacial score (nSPS) is 11.0. The molecule has 3 rings (SSSR count). The molecule has 0 unspecified atom stereocenters. The van der Waals surface area contributed by atoms with Crippen molar-refractivity contribution in [1.82, 2.24) is 5.43 Å². The van der Waals surface area contributed by atoms with Crippen LogP contribution in [0.1, 0.15) is 5.56 Å². The van der Waals surface area contributed by atoms with Gasteiger partial charge in [0.15, 0.2) is 6.61 Å². The molecular weight excluding hydrogens is 359 g/mol. The lowest BCUT2D eigenvalue weighted by Crippen LogP contribution is -2.24. The Balaban J connectivity index is 1.55. The quantitative estimate of drug-likeness (QED) is 0.522. The summed E-state index contributed by atoms with van der Waals surface area (Å²) in [4.78, 5) is 11.8. The molecule has 6 heteroatoms. The van der Waals surface area contributed by atoms with Crippen LogP contribution in [0, 0.1) is 0 Å². The number of hydrogen-bond acceptors (Lipinski definition) is 3. The Morgan fingerprint density at radius 1 is 1.04 bits per heavy atom. The van der Waals surface area contributed by atoms with Gasteiger partial charge in [0.25, 0.3) is 5.91 Å². The molecule has 0 bridgehead atoms. The lowest BCUT2D eigenvalue weighted by Gasteiger charge is -2.06. The Morgan fingerprint density at radius 3 is 2.68 bits per heavy atom. The maximum atomic E-state index is 11.8. The van der Waals surface area contributed by atoms with Crippen LogP contribution in [0.2, 0.25) is 10.0 Å². The molecule has 0 saturated carbocycles. The number of fused-ring (bicyclic) bond motifs is 1. The molecule has 1 amide bonds. The maximum Gasteiger partial charge on any atom is 0.277 e. The molecule has 3 aromatic carbocycles. The van der Waals surface area contributed by atoms with Crippen molar-refractivity contribution >= 4 is 46.1 Å². The molecule has 126 valence electrons. The Hall–Kier alpha value is -2.56. The Kier molecular flexibility index (Phi) is 5.53. The smallest absolute Gasteiger partial charge is 0.277 e. The van der Waals surface area contributed by atoms with Crippen molar-refractivity contribution in [2.24, 2.45) is 5.10 Å². The van der Waals surface area contributed by atoms with Gasteiger partial charge in [-0.25, -0.2) is 5.43 Å². The predicted molar refractivity (Wildman–Crippen MR) is 102 cm³/mol. The summed E-state index contributed by atoms with van der Waals surface area (Å²) in [6.07, 6.45) is 1.43. The summed E-state index contributed by atoms with van der Waals surface area (Å²) < 4.78 is 5.49. The standard InChI is InChI=1S/C19H14Cl2N2O2/c20-17-7-3-6-15(19(17)21)11-22-23-18(24)12-25-16-9-8-13-4-1-2-5-14(13)10-16/h1-11H,12H2,(H,23,24)/b22-11-. The van der Waals surface area contributed by atoms with Crippen molar-refractivity contribution in [1.29, 1.82) is 0 Å². The number of benzene rings is 3. The predicted octanol–water partition coefficient (Wildman–Crippen LogP) is 4.68. The summed E-state index contributed by atoms with van der Waals surface area (Å²) in [6.45, 7) is -0.140. The van der Waals surface area contributed by atoms with E-state index in [1.807, 2.05) is 42.5 Å². The van der Waals surface area contributed by atoms with Gasteiger partial charge in [0.2, 0.25) is 0 Å². The van der Waals surface area contributed by atoms with E-state index in [4.69, 9.17) is 27.9 Å². The molecule has 0 aromatic heterocycles. The van der Waals surface area contributed by atoms with Crippen molar-refractivity contribution in [3.8, 4) is 5.75 Å². The van der Waals surface area contributed by atoms with E-state index < -0.39 is 0 Å². The molecule has 0 aliphatic heterocycles. The summed E-state index contributed by atoms with van der Waals surface area (Å²) >= 11 is 12.0. The lowest BCUT2D eigenvalue weighted by atomic mass is 10.1. The van der Waals surface area contributed by atoms with E-state index in [0.717, 1.165) is 10.8 Å². The van der Waals surface area contributed by atoms with Crippen LogP contribution in [-0.4, -0.2) is 18.7 Å². The number of carbonyl (C=O) groups is 1. The Bertz CT molecular complexity index is 942. The minimum Gasteiger partial charge on any atom is -0.484 e. The van der Waals surface area contributed by atoms with E-state index in [-0.39, 0.29) is 12.5 Å². The van der Waals surface area contributed by atoms with E-state index in [2.05, 4.69) is 10.5 Å². The van der Waals surface area contributed by atoms with Crippen molar-refractivity contribution in [2.45, 2.75) is 0 Å². The van der Waals surface area contributed by atoms with Crippen LogP contribution >= 0.6 is 23.2 Å². The molecule has 3 aromatic rings. The number of carbonyl (C=O) groups excluding carboxylic acids is 1. The van der Waals surface area contributed by atoms with Gasteiger partial charge in [-0.2, -0.15) is 5.10 Å². The highest BCUT2D eigenvalue weighted by Crippen LogP contribution is 2.24. The van der Waals surface area contributed by atoms with Crippen LogP contribution in [0.4, 0.5) is 0 Å². The molecule has 0 radical (unpaired) electrons. The largest absolute Gasteiger partial charge is 0.484 e. The fraction of sp³-hybridized carbons (Fsp3) is 0.0526. The van der Waals surface area contributed by atoms with Gasteiger partial charge in [-0.3, -0.25) is 4.79 Å². The van der Waals surface area contributed by atoms with Crippen molar-refractivity contribution in [2.75, 3.05) is 6.61 Å². The van der Waals surface area contributed by atoms with Gasteiger partial charge in [0, 0.05) is 5.56 Å². The second-order valence-electron chi connectivity index (χ2n) is 5.23. The Morgan fingerprint density at radius 2 is 1.84 bits per heavy atom. The first-order valence-corrected chi connectivity index (χ1v) is 8.26. The minimum atomic E-state index is -0.373. The SMILES string of the molecule is O=C(COc1ccc2ccccc2c1)N/N=C\c1cccc(Cl)c1Cl. The number of amides is 1. The number of rotatable bonds is 5. The van der Waals surface area contributed by atoms with Gasteiger partial charge < -0.3 is 4.74 Å². The molecule has 1 N–H and O–H groups in total. The summed E-state index contributed by atoms with van der Waals surface area (Å²) in [5, 5.41) is 6.83. The molecule has 0 fully saturated rings.